The lowest BCUT2D eigenvalue weighted by atomic mass is 10.1. The molecule has 4 heteroatoms. The Hall–Kier alpha value is -1.00. The van der Waals surface area contributed by atoms with Gasteiger partial charge < -0.3 is 5.73 Å². The van der Waals surface area contributed by atoms with Crippen LogP contribution in [0.1, 0.15) is 37.9 Å². The molecule has 0 aromatic carbocycles. The number of hydrogen-bond acceptors (Lipinski definition) is 3. The van der Waals surface area contributed by atoms with Crippen LogP contribution in [0.5, 0.6) is 0 Å². The van der Waals surface area contributed by atoms with E-state index in [2.05, 4.69) is 23.7 Å². The standard InChI is InChI=1S/C14H21N3S/c1-10(2)17(8-11-3-4-11)9-12-5-6-16-13(7-12)14(15)18/h5-7,10-11H,3-4,8-9H2,1-2H3,(H2,15,18). The van der Waals surface area contributed by atoms with Crippen molar-refractivity contribution < 1.29 is 0 Å². The maximum absolute atomic E-state index is 5.62. The summed E-state index contributed by atoms with van der Waals surface area (Å²) in [5.41, 5.74) is 7.58. The maximum Gasteiger partial charge on any atom is 0.122 e. The quantitative estimate of drug-likeness (QED) is 0.800. The van der Waals surface area contributed by atoms with Gasteiger partial charge >= 0.3 is 0 Å². The molecule has 2 rings (SSSR count). The Morgan fingerprint density at radius 3 is 2.83 bits per heavy atom. The molecule has 1 aromatic rings. The Kier molecular flexibility index (Phi) is 4.30. The highest BCUT2D eigenvalue weighted by Gasteiger charge is 2.25. The van der Waals surface area contributed by atoms with Crippen molar-refractivity contribution in [2.75, 3.05) is 6.54 Å². The van der Waals surface area contributed by atoms with Crippen molar-refractivity contribution in [2.45, 2.75) is 39.3 Å². The molecule has 0 aliphatic heterocycles. The summed E-state index contributed by atoms with van der Waals surface area (Å²) in [6.45, 7) is 6.64. The van der Waals surface area contributed by atoms with Crippen molar-refractivity contribution >= 4 is 17.2 Å². The lowest BCUT2D eigenvalue weighted by Gasteiger charge is -2.26. The van der Waals surface area contributed by atoms with Crippen LogP contribution in [0.25, 0.3) is 0 Å². The van der Waals surface area contributed by atoms with Crippen LogP contribution in [-0.4, -0.2) is 27.5 Å². The van der Waals surface area contributed by atoms with Gasteiger partial charge in [0, 0.05) is 25.3 Å². The van der Waals surface area contributed by atoms with Crippen LogP contribution in [-0.2, 0) is 6.54 Å². The van der Waals surface area contributed by atoms with E-state index in [1.54, 1.807) is 6.20 Å². The fourth-order valence-electron chi connectivity index (χ4n) is 2.03. The number of hydrogen-bond donors (Lipinski definition) is 1. The van der Waals surface area contributed by atoms with E-state index in [9.17, 15) is 0 Å². The van der Waals surface area contributed by atoms with Crippen LogP contribution in [0, 0.1) is 5.92 Å². The largest absolute Gasteiger partial charge is 0.388 e. The van der Waals surface area contributed by atoms with Gasteiger partial charge in [-0.3, -0.25) is 9.88 Å². The summed E-state index contributed by atoms with van der Waals surface area (Å²) in [7, 11) is 0. The molecule has 0 atom stereocenters. The van der Waals surface area contributed by atoms with Crippen LogP contribution in [0.15, 0.2) is 18.3 Å². The third-order valence-electron chi connectivity index (χ3n) is 3.38. The van der Waals surface area contributed by atoms with Gasteiger partial charge in [-0.2, -0.15) is 0 Å². The van der Waals surface area contributed by atoms with E-state index in [1.165, 1.54) is 24.9 Å². The van der Waals surface area contributed by atoms with E-state index < -0.39 is 0 Å². The molecule has 1 aromatic heterocycles. The monoisotopic (exact) mass is 263 g/mol. The summed E-state index contributed by atoms with van der Waals surface area (Å²) in [5, 5.41) is 0. The van der Waals surface area contributed by atoms with Gasteiger partial charge in [0.2, 0.25) is 0 Å². The second-order valence-corrected chi connectivity index (χ2v) is 5.82. The molecule has 98 valence electrons. The van der Waals surface area contributed by atoms with Gasteiger partial charge in [0.1, 0.15) is 4.99 Å². The second kappa shape index (κ2) is 5.76. The zero-order valence-electron chi connectivity index (χ0n) is 11.1. The summed E-state index contributed by atoms with van der Waals surface area (Å²) in [6.07, 6.45) is 4.56. The number of thiocarbonyl (C=S) groups is 1. The highest BCUT2D eigenvalue weighted by molar-refractivity contribution is 7.80. The second-order valence-electron chi connectivity index (χ2n) is 5.38. The summed E-state index contributed by atoms with van der Waals surface area (Å²) in [5.74, 6) is 0.907. The number of nitrogens with zero attached hydrogens (tertiary/aromatic N) is 2. The average molecular weight is 263 g/mol. The molecule has 0 spiro atoms. The fraction of sp³-hybridized carbons (Fsp3) is 0.571. The molecular formula is C14H21N3S. The van der Waals surface area contributed by atoms with Crippen molar-refractivity contribution in [1.82, 2.24) is 9.88 Å². The van der Waals surface area contributed by atoms with Gasteiger partial charge in [0.15, 0.2) is 0 Å². The van der Waals surface area contributed by atoms with Crippen LogP contribution >= 0.6 is 12.2 Å². The first-order valence-corrected chi connectivity index (χ1v) is 6.96. The Bertz CT molecular complexity index is 427. The summed E-state index contributed by atoms with van der Waals surface area (Å²) < 4.78 is 0. The minimum atomic E-state index is 0.370. The molecule has 2 N–H and O–H groups in total. The molecule has 1 aliphatic carbocycles. The smallest absolute Gasteiger partial charge is 0.122 e. The van der Waals surface area contributed by atoms with Gasteiger partial charge in [-0.05, 0) is 50.3 Å². The highest BCUT2D eigenvalue weighted by Crippen LogP contribution is 2.30. The van der Waals surface area contributed by atoms with Crippen LogP contribution in [0.4, 0.5) is 0 Å². The first-order valence-electron chi connectivity index (χ1n) is 6.55. The predicted octanol–water partition coefficient (Wildman–Crippen LogP) is 2.34. The van der Waals surface area contributed by atoms with Crippen molar-refractivity contribution in [3.63, 3.8) is 0 Å². The lowest BCUT2D eigenvalue weighted by Crippen LogP contribution is -2.32. The van der Waals surface area contributed by atoms with Gasteiger partial charge in [0.05, 0.1) is 5.69 Å². The van der Waals surface area contributed by atoms with E-state index in [-0.39, 0.29) is 0 Å². The predicted molar refractivity (Wildman–Crippen MR) is 78.4 cm³/mol. The molecule has 1 saturated carbocycles. The van der Waals surface area contributed by atoms with Crippen LogP contribution in [0.2, 0.25) is 0 Å². The van der Waals surface area contributed by atoms with E-state index in [0.29, 0.717) is 11.0 Å². The normalized spacial score (nSPS) is 15.3. The third kappa shape index (κ3) is 3.75. The minimum absolute atomic E-state index is 0.370. The van der Waals surface area contributed by atoms with E-state index in [1.807, 2.05) is 12.1 Å². The molecule has 18 heavy (non-hydrogen) atoms. The molecule has 0 amide bonds. The first-order chi connectivity index (χ1) is 8.56. The zero-order valence-corrected chi connectivity index (χ0v) is 11.9. The number of pyridine rings is 1. The minimum Gasteiger partial charge on any atom is -0.388 e. The Morgan fingerprint density at radius 2 is 2.28 bits per heavy atom. The van der Waals surface area contributed by atoms with Crippen LogP contribution in [0.3, 0.4) is 0 Å². The average Bonchev–Trinajstić information content (AvgIpc) is 3.12. The lowest BCUT2D eigenvalue weighted by molar-refractivity contribution is 0.204. The summed E-state index contributed by atoms with van der Waals surface area (Å²) in [4.78, 5) is 7.06. The van der Waals surface area contributed by atoms with E-state index in [4.69, 9.17) is 18.0 Å². The molecule has 0 unspecified atom stereocenters. The number of nitrogens with two attached hydrogens (primary N) is 1. The van der Waals surface area contributed by atoms with Gasteiger partial charge in [0.25, 0.3) is 0 Å². The van der Waals surface area contributed by atoms with Crippen molar-refractivity contribution in [3.8, 4) is 0 Å². The van der Waals surface area contributed by atoms with Gasteiger partial charge in [-0.25, -0.2) is 0 Å². The number of rotatable bonds is 6. The van der Waals surface area contributed by atoms with Crippen molar-refractivity contribution in [1.29, 1.82) is 0 Å². The Balaban J connectivity index is 2.05. The van der Waals surface area contributed by atoms with E-state index >= 15 is 0 Å². The van der Waals surface area contributed by atoms with Crippen molar-refractivity contribution in [2.24, 2.45) is 11.7 Å². The van der Waals surface area contributed by atoms with Gasteiger partial charge in [-0.1, -0.05) is 12.2 Å². The molecule has 0 bridgehead atoms. The Labute approximate surface area is 114 Å². The summed E-state index contributed by atoms with van der Waals surface area (Å²) >= 11 is 4.97. The molecule has 1 aliphatic rings. The molecular weight excluding hydrogens is 242 g/mol. The number of aromatic nitrogens is 1. The first kappa shape index (κ1) is 13.4. The molecule has 0 saturated heterocycles. The fourth-order valence-corrected chi connectivity index (χ4v) is 2.14. The van der Waals surface area contributed by atoms with Crippen molar-refractivity contribution in [3.05, 3.63) is 29.6 Å². The topological polar surface area (TPSA) is 42.2 Å². The maximum atomic E-state index is 5.62. The van der Waals surface area contributed by atoms with Gasteiger partial charge in [-0.15, -0.1) is 0 Å². The molecule has 1 fully saturated rings. The third-order valence-corrected chi connectivity index (χ3v) is 3.59. The summed E-state index contributed by atoms with van der Waals surface area (Å²) in [6, 6.07) is 4.61. The SMILES string of the molecule is CC(C)N(Cc1ccnc(C(N)=S)c1)CC1CC1. The molecule has 0 radical (unpaired) electrons. The van der Waals surface area contributed by atoms with E-state index in [0.717, 1.165) is 18.2 Å². The molecule has 1 heterocycles. The molecule has 3 nitrogen and oxygen atoms in total. The van der Waals surface area contributed by atoms with Crippen LogP contribution < -0.4 is 5.73 Å². The Morgan fingerprint density at radius 1 is 1.56 bits per heavy atom. The highest BCUT2D eigenvalue weighted by atomic mass is 32.1. The zero-order chi connectivity index (χ0) is 13.1.